The monoisotopic (exact) mass is 159 g/mol. The zero-order valence-corrected chi connectivity index (χ0v) is 5.90. The number of aromatic nitrogens is 1. The highest BCUT2D eigenvalue weighted by molar-refractivity contribution is 7.23. The third-order valence-corrected chi connectivity index (χ3v) is 1.38. The molecule has 0 saturated heterocycles. The molecule has 3 N–H and O–H groups in total. The molecule has 0 spiro atoms. The Morgan fingerprint density at radius 2 is 2.70 bits per heavy atom. The minimum atomic E-state index is -1.17. The predicted molar refractivity (Wildman–Crippen MR) is 34.8 cm³/mol. The Kier molecular flexibility index (Phi) is 2.50. The Labute approximate surface area is 58.4 Å². The minimum Gasteiger partial charge on any atom is -0.361 e. The molecule has 0 aliphatic carbocycles. The van der Waals surface area contributed by atoms with Crippen LogP contribution in [0, 0.1) is 0 Å². The maximum atomic E-state index is 8.57. The molecule has 0 aromatic carbocycles. The third kappa shape index (κ3) is 2.23. The predicted octanol–water partition coefficient (Wildman–Crippen LogP) is -0.610. The smallest absolute Gasteiger partial charge is 0.200 e. The van der Waals surface area contributed by atoms with Crippen LogP contribution >= 0.6 is 8.35 Å². The lowest BCUT2D eigenvalue weighted by Gasteiger charge is -1.91. The molecule has 0 radical (unpaired) electrons. The summed E-state index contributed by atoms with van der Waals surface area (Å²) in [6.07, 6.45) is 0.206. The van der Waals surface area contributed by atoms with Crippen molar-refractivity contribution in [1.29, 1.82) is 0 Å². The molecule has 1 aromatic rings. The fraction of sp³-hybridized carbons (Fsp3) is 0.250. The van der Waals surface area contributed by atoms with E-state index in [0.29, 0.717) is 13.4 Å². The number of aliphatic hydroxyl groups is 1. The number of rotatable bonds is 1. The lowest BCUT2D eigenvalue weighted by atomic mass is 10.7. The molecule has 1 rings (SSSR count). The van der Waals surface area contributed by atoms with Crippen LogP contribution in [0.2, 0.25) is 0 Å². The highest BCUT2D eigenvalue weighted by atomic mass is 31.0. The summed E-state index contributed by atoms with van der Waals surface area (Å²) in [5, 5.41) is 9.16. The van der Waals surface area contributed by atoms with Gasteiger partial charge in [0.15, 0.2) is 6.35 Å². The van der Waals surface area contributed by atoms with Gasteiger partial charge in [-0.15, -0.1) is 0 Å². The van der Waals surface area contributed by atoms with Crippen LogP contribution in [0.15, 0.2) is 21.8 Å². The van der Waals surface area contributed by atoms with Crippen LogP contribution in [0.3, 0.4) is 0 Å². The van der Waals surface area contributed by atoms with Gasteiger partial charge in [-0.3, -0.25) is 5.73 Å². The lowest BCUT2D eigenvalue weighted by molar-refractivity contribution is 0.189. The first-order valence-electron chi connectivity index (χ1n) is 2.54. The maximum absolute atomic E-state index is 8.57. The van der Waals surface area contributed by atoms with E-state index in [4.69, 9.17) is 10.8 Å². The lowest BCUT2D eigenvalue weighted by Crippen LogP contribution is -2.18. The van der Waals surface area contributed by atoms with Gasteiger partial charge in [0.05, 0.1) is 0 Å². The molecule has 0 saturated carbocycles. The summed E-state index contributed by atoms with van der Waals surface area (Å²) in [6, 6.07) is 1.59. The van der Waals surface area contributed by atoms with Crippen molar-refractivity contribution < 1.29 is 9.63 Å². The van der Waals surface area contributed by atoms with E-state index in [2.05, 4.69) is 14.4 Å². The van der Waals surface area contributed by atoms with Gasteiger partial charge in [0.25, 0.3) is 0 Å². The standard InChI is InChI=1S/C4H6N3O2P/c5-4(8)6-3-1-2-9-7-10-3/h1-2,4,8H,5H2. The third-order valence-electron chi connectivity index (χ3n) is 0.733. The van der Waals surface area contributed by atoms with Gasteiger partial charge in [0.1, 0.15) is 19.7 Å². The molecular formula is C4H6N3O2P. The van der Waals surface area contributed by atoms with Crippen molar-refractivity contribution >= 4 is 8.35 Å². The highest BCUT2D eigenvalue weighted by Gasteiger charge is 1.86. The van der Waals surface area contributed by atoms with Crippen molar-refractivity contribution in [3.8, 4) is 0 Å². The fourth-order valence-corrected chi connectivity index (χ4v) is 0.904. The molecule has 54 valence electrons. The summed E-state index contributed by atoms with van der Waals surface area (Å²) < 4.78 is 4.51. The number of nitrogens with zero attached hydrogens (tertiary/aromatic N) is 2. The summed E-state index contributed by atoms with van der Waals surface area (Å²) in [7, 11) is 0.565. The molecule has 5 nitrogen and oxygen atoms in total. The summed E-state index contributed by atoms with van der Waals surface area (Å²) >= 11 is 0. The molecule has 6 heteroatoms. The molecule has 1 atom stereocenters. The van der Waals surface area contributed by atoms with Gasteiger partial charge in [-0.05, 0) is 0 Å². The van der Waals surface area contributed by atoms with Gasteiger partial charge >= 0.3 is 0 Å². The van der Waals surface area contributed by atoms with Gasteiger partial charge < -0.3 is 9.63 Å². The minimum absolute atomic E-state index is 0.565. The summed E-state index contributed by atoms with van der Waals surface area (Å²) in [5.41, 5.74) is 4.97. The SMILES string of the molecule is NC(O)N=c1cconp1. The molecule has 10 heavy (non-hydrogen) atoms. The van der Waals surface area contributed by atoms with Gasteiger partial charge in [-0.2, -0.15) is 0 Å². The molecule has 1 unspecified atom stereocenters. The first-order chi connectivity index (χ1) is 4.79. The van der Waals surface area contributed by atoms with Crippen LogP contribution < -0.4 is 10.8 Å². The van der Waals surface area contributed by atoms with Crippen molar-refractivity contribution in [1.82, 2.24) is 4.92 Å². The number of hydrogen-bond donors (Lipinski definition) is 2. The molecule has 0 fully saturated rings. The zero-order valence-electron chi connectivity index (χ0n) is 5.01. The van der Waals surface area contributed by atoms with Crippen LogP contribution in [0.1, 0.15) is 0 Å². The number of nitrogens with two attached hydrogens (primary N) is 1. The van der Waals surface area contributed by atoms with Crippen molar-refractivity contribution in [2.24, 2.45) is 10.7 Å². The van der Waals surface area contributed by atoms with Crippen LogP contribution in [-0.4, -0.2) is 16.4 Å². The fourth-order valence-electron chi connectivity index (χ4n) is 0.422. The van der Waals surface area contributed by atoms with Crippen LogP contribution in [0.4, 0.5) is 0 Å². The second kappa shape index (κ2) is 3.41. The van der Waals surface area contributed by atoms with Crippen molar-refractivity contribution in [2.45, 2.75) is 6.35 Å². The zero-order chi connectivity index (χ0) is 7.40. The van der Waals surface area contributed by atoms with Gasteiger partial charge in [-0.1, -0.05) is 4.92 Å². The van der Waals surface area contributed by atoms with Crippen LogP contribution in [0.5, 0.6) is 0 Å². The first kappa shape index (κ1) is 7.34. The number of aliphatic hydroxyl groups excluding tert-OH is 1. The van der Waals surface area contributed by atoms with E-state index in [0.717, 1.165) is 0 Å². The molecule has 0 bridgehead atoms. The Balaban J connectivity index is 2.95. The summed E-state index contributed by atoms with van der Waals surface area (Å²) in [5.74, 6) is 0. The Morgan fingerprint density at radius 3 is 3.20 bits per heavy atom. The molecule has 1 aromatic heterocycles. The second-order valence-electron chi connectivity index (χ2n) is 1.49. The molecule has 1 heterocycles. The van der Waals surface area contributed by atoms with Crippen molar-refractivity contribution in [3.63, 3.8) is 0 Å². The first-order valence-corrected chi connectivity index (χ1v) is 3.38. The number of hydrogen-bond acceptors (Lipinski definition) is 5. The van der Waals surface area contributed by atoms with E-state index in [1.54, 1.807) is 6.07 Å². The molecule has 0 aliphatic rings. The van der Waals surface area contributed by atoms with E-state index < -0.39 is 6.35 Å². The van der Waals surface area contributed by atoms with E-state index in [1.807, 2.05) is 0 Å². The van der Waals surface area contributed by atoms with E-state index in [9.17, 15) is 0 Å². The van der Waals surface area contributed by atoms with E-state index in [-0.39, 0.29) is 0 Å². The summed E-state index contributed by atoms with van der Waals surface area (Å²) in [4.78, 5) is 7.11. The Morgan fingerprint density at radius 1 is 1.90 bits per heavy atom. The van der Waals surface area contributed by atoms with Crippen LogP contribution in [0.25, 0.3) is 0 Å². The van der Waals surface area contributed by atoms with E-state index >= 15 is 0 Å². The quantitative estimate of drug-likeness (QED) is 0.535. The van der Waals surface area contributed by atoms with Gasteiger partial charge in [0, 0.05) is 6.07 Å². The van der Waals surface area contributed by atoms with Crippen molar-refractivity contribution in [3.05, 3.63) is 17.4 Å². The Hall–Kier alpha value is -0.770. The summed E-state index contributed by atoms with van der Waals surface area (Å²) in [6.45, 7) is 0. The average Bonchev–Trinajstić information content (AvgIpc) is 1.88. The topological polar surface area (TPSA) is 84.6 Å². The maximum Gasteiger partial charge on any atom is 0.200 e. The largest absolute Gasteiger partial charge is 0.361 e. The van der Waals surface area contributed by atoms with Crippen LogP contribution in [-0.2, 0) is 0 Å². The normalized spacial score (nSPS) is 16.0. The average molecular weight is 159 g/mol. The molecule has 0 aliphatic heterocycles. The molecular weight excluding hydrogens is 153 g/mol. The van der Waals surface area contributed by atoms with Gasteiger partial charge in [-0.25, -0.2) is 4.99 Å². The van der Waals surface area contributed by atoms with Crippen molar-refractivity contribution in [2.75, 3.05) is 0 Å². The molecule has 0 amide bonds. The second-order valence-corrected chi connectivity index (χ2v) is 2.31. The highest BCUT2D eigenvalue weighted by Crippen LogP contribution is 1.85. The van der Waals surface area contributed by atoms with E-state index in [1.165, 1.54) is 6.26 Å². The Bertz CT molecular complexity index is 241. The van der Waals surface area contributed by atoms with Gasteiger partial charge in [0.2, 0.25) is 0 Å².